The van der Waals surface area contributed by atoms with Crippen LogP contribution in [0.3, 0.4) is 0 Å². The van der Waals surface area contributed by atoms with E-state index in [0.717, 1.165) is 16.9 Å². The van der Waals surface area contributed by atoms with Crippen LogP contribution in [0.5, 0.6) is 0 Å². The zero-order chi connectivity index (χ0) is 17.8. The summed E-state index contributed by atoms with van der Waals surface area (Å²) in [6, 6.07) is 18.9. The van der Waals surface area contributed by atoms with Crippen molar-refractivity contribution < 1.29 is 9.21 Å². The summed E-state index contributed by atoms with van der Waals surface area (Å²) >= 11 is 0. The molecule has 0 saturated carbocycles. The van der Waals surface area contributed by atoms with Crippen molar-refractivity contribution in [1.82, 2.24) is 20.1 Å². The van der Waals surface area contributed by atoms with Crippen molar-refractivity contribution in [2.24, 2.45) is 0 Å². The number of hydrogen-bond acceptors (Lipinski definition) is 4. The Bertz CT molecular complexity index is 936. The van der Waals surface area contributed by atoms with Crippen LogP contribution in [0.25, 0.3) is 16.9 Å². The second-order valence-corrected chi connectivity index (χ2v) is 5.66. The predicted octanol–water partition coefficient (Wildman–Crippen LogP) is 3.46. The Hall–Kier alpha value is -3.67. The highest BCUT2D eigenvalue weighted by atomic mass is 16.3. The molecule has 0 saturated heterocycles. The van der Waals surface area contributed by atoms with Crippen LogP contribution in [0, 0.1) is 0 Å². The normalized spacial score (nSPS) is 10.6. The van der Waals surface area contributed by atoms with Gasteiger partial charge in [0.25, 0.3) is 5.91 Å². The van der Waals surface area contributed by atoms with Gasteiger partial charge in [0.2, 0.25) is 0 Å². The molecule has 0 unspecified atom stereocenters. The molecule has 0 radical (unpaired) electrons. The SMILES string of the molecule is O=C(NCc1ccco1)c1cc(-c2ccncc2)n(-c2ccccc2)n1. The Morgan fingerprint density at radius 3 is 2.58 bits per heavy atom. The van der Waals surface area contributed by atoms with Crippen molar-refractivity contribution in [2.45, 2.75) is 6.54 Å². The number of aromatic nitrogens is 3. The first-order chi connectivity index (χ1) is 12.8. The molecule has 0 aliphatic heterocycles. The Kier molecular flexibility index (Phi) is 4.30. The van der Waals surface area contributed by atoms with Crippen molar-refractivity contribution in [3.8, 4) is 16.9 Å². The van der Waals surface area contributed by atoms with E-state index in [1.807, 2.05) is 48.5 Å². The number of pyridine rings is 1. The van der Waals surface area contributed by atoms with Crippen LogP contribution in [-0.4, -0.2) is 20.7 Å². The number of hydrogen-bond donors (Lipinski definition) is 1. The van der Waals surface area contributed by atoms with Gasteiger partial charge in [-0.1, -0.05) is 18.2 Å². The minimum absolute atomic E-state index is 0.258. The average Bonchev–Trinajstić information content (AvgIpc) is 3.37. The van der Waals surface area contributed by atoms with Gasteiger partial charge in [0.15, 0.2) is 5.69 Å². The molecular weight excluding hydrogens is 328 g/mol. The maximum atomic E-state index is 12.5. The molecule has 0 aliphatic rings. The van der Waals surface area contributed by atoms with Crippen LogP contribution in [0.1, 0.15) is 16.2 Å². The second kappa shape index (κ2) is 7.06. The smallest absolute Gasteiger partial charge is 0.272 e. The Balaban J connectivity index is 1.68. The third kappa shape index (κ3) is 3.25. The summed E-state index contributed by atoms with van der Waals surface area (Å²) in [7, 11) is 0. The fourth-order valence-electron chi connectivity index (χ4n) is 2.66. The standard InChI is InChI=1S/C20H16N4O2/c25-20(22-14-17-7-4-12-26-17)18-13-19(15-8-10-21-11-9-15)24(23-18)16-5-2-1-3-6-16/h1-13H,14H2,(H,22,25). The molecule has 3 heterocycles. The van der Waals surface area contributed by atoms with Crippen LogP contribution in [0.2, 0.25) is 0 Å². The fraction of sp³-hybridized carbons (Fsp3) is 0.0500. The van der Waals surface area contributed by atoms with E-state index in [0.29, 0.717) is 18.0 Å². The minimum atomic E-state index is -0.258. The molecule has 4 rings (SSSR count). The molecule has 1 aromatic carbocycles. The van der Waals surface area contributed by atoms with E-state index in [9.17, 15) is 4.79 Å². The van der Waals surface area contributed by atoms with E-state index in [1.165, 1.54) is 0 Å². The van der Waals surface area contributed by atoms with Crippen molar-refractivity contribution in [3.05, 3.63) is 90.8 Å². The highest BCUT2D eigenvalue weighted by molar-refractivity contribution is 5.93. The summed E-state index contributed by atoms with van der Waals surface area (Å²) in [6.45, 7) is 0.314. The first-order valence-corrected chi connectivity index (χ1v) is 8.18. The van der Waals surface area contributed by atoms with Gasteiger partial charge in [-0.25, -0.2) is 4.68 Å². The highest BCUT2D eigenvalue weighted by Gasteiger charge is 2.16. The van der Waals surface area contributed by atoms with E-state index in [-0.39, 0.29) is 5.91 Å². The maximum absolute atomic E-state index is 12.5. The molecule has 4 aromatic rings. The molecule has 6 heteroatoms. The van der Waals surface area contributed by atoms with Gasteiger partial charge in [-0.05, 0) is 42.5 Å². The maximum Gasteiger partial charge on any atom is 0.272 e. The van der Waals surface area contributed by atoms with E-state index >= 15 is 0 Å². The van der Waals surface area contributed by atoms with Gasteiger partial charge in [0.1, 0.15) is 5.76 Å². The molecule has 1 amide bonds. The first-order valence-electron chi connectivity index (χ1n) is 8.18. The number of nitrogens with one attached hydrogen (secondary N) is 1. The summed E-state index contributed by atoms with van der Waals surface area (Å²) < 4.78 is 7.00. The van der Waals surface area contributed by atoms with Crippen LogP contribution in [-0.2, 0) is 6.54 Å². The van der Waals surface area contributed by atoms with Crippen molar-refractivity contribution in [3.63, 3.8) is 0 Å². The van der Waals surface area contributed by atoms with Crippen LogP contribution < -0.4 is 5.32 Å². The van der Waals surface area contributed by atoms with Crippen molar-refractivity contribution >= 4 is 5.91 Å². The number of amides is 1. The molecule has 0 atom stereocenters. The van der Waals surface area contributed by atoms with Crippen LogP contribution in [0.4, 0.5) is 0 Å². The van der Waals surface area contributed by atoms with Gasteiger partial charge >= 0.3 is 0 Å². The fourth-order valence-corrected chi connectivity index (χ4v) is 2.66. The lowest BCUT2D eigenvalue weighted by atomic mass is 10.2. The molecular formula is C20H16N4O2. The molecule has 26 heavy (non-hydrogen) atoms. The lowest BCUT2D eigenvalue weighted by molar-refractivity contribution is 0.0942. The number of para-hydroxylation sites is 1. The van der Waals surface area contributed by atoms with Gasteiger partial charge in [0, 0.05) is 18.0 Å². The van der Waals surface area contributed by atoms with E-state index in [1.54, 1.807) is 35.5 Å². The molecule has 1 N–H and O–H groups in total. The first kappa shape index (κ1) is 15.8. The molecule has 6 nitrogen and oxygen atoms in total. The monoisotopic (exact) mass is 344 g/mol. The summed E-state index contributed by atoms with van der Waals surface area (Å²) in [5.41, 5.74) is 2.97. The van der Waals surface area contributed by atoms with Gasteiger partial charge in [-0.15, -0.1) is 0 Å². The van der Waals surface area contributed by atoms with Gasteiger partial charge in [-0.3, -0.25) is 9.78 Å². The topological polar surface area (TPSA) is 73.0 Å². The highest BCUT2D eigenvalue weighted by Crippen LogP contribution is 2.23. The summed E-state index contributed by atoms with van der Waals surface area (Å²) in [6.07, 6.45) is 5.01. The Labute approximate surface area is 150 Å². The second-order valence-electron chi connectivity index (χ2n) is 5.66. The Morgan fingerprint density at radius 2 is 1.85 bits per heavy atom. The third-order valence-corrected chi connectivity index (χ3v) is 3.92. The summed E-state index contributed by atoms with van der Waals surface area (Å²) in [4.78, 5) is 16.6. The lowest BCUT2D eigenvalue weighted by Crippen LogP contribution is -2.23. The molecule has 128 valence electrons. The molecule has 0 bridgehead atoms. The zero-order valence-corrected chi connectivity index (χ0v) is 13.9. The van der Waals surface area contributed by atoms with Crippen molar-refractivity contribution in [1.29, 1.82) is 0 Å². The van der Waals surface area contributed by atoms with Gasteiger partial charge in [0.05, 0.1) is 24.2 Å². The summed E-state index contributed by atoms with van der Waals surface area (Å²) in [5.74, 6) is 0.432. The lowest BCUT2D eigenvalue weighted by Gasteiger charge is -2.06. The van der Waals surface area contributed by atoms with Gasteiger partial charge in [-0.2, -0.15) is 5.10 Å². The summed E-state index contributed by atoms with van der Waals surface area (Å²) in [5, 5.41) is 7.33. The quantitative estimate of drug-likeness (QED) is 0.602. The zero-order valence-electron chi connectivity index (χ0n) is 13.9. The number of rotatable bonds is 5. The average molecular weight is 344 g/mol. The third-order valence-electron chi connectivity index (χ3n) is 3.92. The minimum Gasteiger partial charge on any atom is -0.467 e. The predicted molar refractivity (Wildman–Crippen MR) is 96.7 cm³/mol. The number of furan rings is 1. The number of carbonyl (C=O) groups is 1. The van der Waals surface area contributed by atoms with E-state index in [2.05, 4.69) is 15.4 Å². The molecule has 0 spiro atoms. The Morgan fingerprint density at radius 1 is 1.04 bits per heavy atom. The number of benzene rings is 1. The molecule has 0 fully saturated rings. The van der Waals surface area contributed by atoms with Crippen molar-refractivity contribution in [2.75, 3.05) is 0 Å². The van der Waals surface area contributed by atoms with E-state index in [4.69, 9.17) is 4.42 Å². The van der Waals surface area contributed by atoms with Crippen LogP contribution in [0.15, 0.2) is 83.7 Å². The largest absolute Gasteiger partial charge is 0.467 e. The van der Waals surface area contributed by atoms with Gasteiger partial charge < -0.3 is 9.73 Å². The number of carbonyl (C=O) groups excluding carboxylic acids is 1. The van der Waals surface area contributed by atoms with Crippen LogP contribution >= 0.6 is 0 Å². The number of nitrogens with zero attached hydrogens (tertiary/aromatic N) is 3. The molecule has 3 aromatic heterocycles. The van der Waals surface area contributed by atoms with E-state index < -0.39 is 0 Å². The molecule has 0 aliphatic carbocycles.